The number of carboxylic acids is 1. The van der Waals surface area contributed by atoms with Crippen LogP contribution < -0.4 is 10.2 Å². The first-order chi connectivity index (χ1) is 9.70. The number of carbonyl (C=O) groups is 1. The van der Waals surface area contributed by atoms with Crippen LogP contribution in [0.1, 0.15) is 19.8 Å². The van der Waals surface area contributed by atoms with E-state index < -0.39 is 12.0 Å². The highest BCUT2D eigenvalue weighted by molar-refractivity contribution is 5.77. The molecule has 1 aromatic rings. The molecule has 1 aromatic heterocycles. The van der Waals surface area contributed by atoms with Gasteiger partial charge in [-0.15, -0.1) is 0 Å². The molecule has 2 rings (SSSR count). The standard InChI is InChI=1S/C13H20N4O3/c1-2-3-10(13(18)19)16-11-8-12(15-9-14-11)17-4-6-20-7-5-17/h8-10H,2-7H2,1H3,(H,18,19)(H,14,15,16). The van der Waals surface area contributed by atoms with Crippen molar-refractivity contribution in [2.24, 2.45) is 0 Å². The Hall–Kier alpha value is -1.89. The third-order valence-electron chi connectivity index (χ3n) is 3.19. The number of ether oxygens (including phenoxy) is 1. The van der Waals surface area contributed by atoms with Crippen molar-refractivity contribution in [3.05, 3.63) is 12.4 Å². The average Bonchev–Trinajstić information content (AvgIpc) is 2.48. The molecule has 2 N–H and O–H groups in total. The molecule has 20 heavy (non-hydrogen) atoms. The van der Waals surface area contributed by atoms with Crippen molar-refractivity contribution in [1.29, 1.82) is 0 Å². The molecule has 1 aliphatic heterocycles. The molecule has 1 fully saturated rings. The normalized spacial score (nSPS) is 16.8. The van der Waals surface area contributed by atoms with E-state index in [0.717, 1.165) is 25.3 Å². The summed E-state index contributed by atoms with van der Waals surface area (Å²) in [4.78, 5) is 21.6. The fourth-order valence-corrected chi connectivity index (χ4v) is 2.12. The van der Waals surface area contributed by atoms with E-state index in [9.17, 15) is 4.79 Å². The van der Waals surface area contributed by atoms with Gasteiger partial charge in [0, 0.05) is 19.2 Å². The Morgan fingerprint density at radius 3 is 2.90 bits per heavy atom. The molecule has 1 atom stereocenters. The van der Waals surface area contributed by atoms with E-state index in [4.69, 9.17) is 9.84 Å². The van der Waals surface area contributed by atoms with Gasteiger partial charge in [0.2, 0.25) is 0 Å². The topological polar surface area (TPSA) is 87.6 Å². The van der Waals surface area contributed by atoms with Crippen molar-refractivity contribution < 1.29 is 14.6 Å². The fourth-order valence-electron chi connectivity index (χ4n) is 2.12. The molecule has 7 heteroatoms. The summed E-state index contributed by atoms with van der Waals surface area (Å²) < 4.78 is 5.30. The Labute approximate surface area is 118 Å². The average molecular weight is 280 g/mol. The maximum Gasteiger partial charge on any atom is 0.326 e. The second-order valence-electron chi connectivity index (χ2n) is 4.68. The lowest BCUT2D eigenvalue weighted by atomic mass is 10.2. The monoisotopic (exact) mass is 280 g/mol. The summed E-state index contributed by atoms with van der Waals surface area (Å²) in [6.45, 7) is 4.89. The van der Waals surface area contributed by atoms with Crippen LogP contribution in [0.2, 0.25) is 0 Å². The van der Waals surface area contributed by atoms with Crippen molar-refractivity contribution in [3.63, 3.8) is 0 Å². The van der Waals surface area contributed by atoms with E-state index in [2.05, 4.69) is 20.2 Å². The molecule has 1 saturated heterocycles. The van der Waals surface area contributed by atoms with Crippen molar-refractivity contribution >= 4 is 17.6 Å². The second kappa shape index (κ2) is 7.04. The van der Waals surface area contributed by atoms with Crippen LogP contribution in [0, 0.1) is 0 Å². The fraction of sp³-hybridized carbons (Fsp3) is 0.615. The van der Waals surface area contributed by atoms with Gasteiger partial charge in [-0.2, -0.15) is 0 Å². The Morgan fingerprint density at radius 1 is 1.50 bits per heavy atom. The van der Waals surface area contributed by atoms with E-state index in [0.29, 0.717) is 25.5 Å². The molecule has 2 heterocycles. The van der Waals surface area contributed by atoms with Gasteiger partial charge in [-0.25, -0.2) is 14.8 Å². The molecule has 0 aromatic carbocycles. The van der Waals surface area contributed by atoms with Gasteiger partial charge in [0.25, 0.3) is 0 Å². The van der Waals surface area contributed by atoms with Crippen molar-refractivity contribution in [3.8, 4) is 0 Å². The first kappa shape index (κ1) is 14.5. The molecule has 1 unspecified atom stereocenters. The van der Waals surface area contributed by atoms with Crippen LogP contribution in [0.4, 0.5) is 11.6 Å². The first-order valence-corrected chi connectivity index (χ1v) is 6.84. The number of morpholine rings is 1. The number of aromatic nitrogens is 2. The summed E-state index contributed by atoms with van der Waals surface area (Å²) in [5.41, 5.74) is 0. The maximum absolute atomic E-state index is 11.1. The molecule has 110 valence electrons. The van der Waals surface area contributed by atoms with Crippen molar-refractivity contribution in [2.45, 2.75) is 25.8 Å². The summed E-state index contributed by atoms with van der Waals surface area (Å²) in [5.74, 6) is 0.479. The number of aliphatic carboxylic acids is 1. The summed E-state index contributed by atoms with van der Waals surface area (Å²) in [5, 5.41) is 12.1. The molecule has 0 spiro atoms. The van der Waals surface area contributed by atoms with E-state index in [1.54, 1.807) is 6.07 Å². The summed E-state index contributed by atoms with van der Waals surface area (Å²) in [6, 6.07) is 1.17. The predicted molar refractivity (Wildman–Crippen MR) is 75.0 cm³/mol. The van der Waals surface area contributed by atoms with Crippen LogP contribution in [-0.2, 0) is 9.53 Å². The molecule has 0 aliphatic carbocycles. The zero-order chi connectivity index (χ0) is 14.4. The minimum absolute atomic E-state index is 0.544. The SMILES string of the molecule is CCCC(Nc1cc(N2CCOCC2)ncn1)C(=O)O. The summed E-state index contributed by atoms with van der Waals surface area (Å²) >= 11 is 0. The molecular formula is C13H20N4O3. The van der Waals surface area contributed by atoms with Crippen molar-refractivity contribution in [1.82, 2.24) is 9.97 Å². The Balaban J connectivity index is 2.06. The summed E-state index contributed by atoms with van der Waals surface area (Å²) in [7, 11) is 0. The smallest absolute Gasteiger partial charge is 0.326 e. The highest BCUT2D eigenvalue weighted by Gasteiger charge is 2.18. The first-order valence-electron chi connectivity index (χ1n) is 6.84. The van der Waals surface area contributed by atoms with E-state index in [1.807, 2.05) is 6.92 Å². The number of hydrogen-bond acceptors (Lipinski definition) is 6. The van der Waals surface area contributed by atoms with E-state index >= 15 is 0 Å². The van der Waals surface area contributed by atoms with Crippen molar-refractivity contribution in [2.75, 3.05) is 36.5 Å². The lowest BCUT2D eigenvalue weighted by molar-refractivity contribution is -0.138. The summed E-state index contributed by atoms with van der Waals surface area (Å²) in [6.07, 6.45) is 2.82. The Bertz CT molecular complexity index is 449. The number of rotatable bonds is 6. The van der Waals surface area contributed by atoms with Gasteiger partial charge in [-0.1, -0.05) is 13.3 Å². The van der Waals surface area contributed by atoms with Gasteiger partial charge in [0.1, 0.15) is 24.0 Å². The minimum atomic E-state index is -0.863. The van der Waals surface area contributed by atoms with Gasteiger partial charge >= 0.3 is 5.97 Å². The van der Waals surface area contributed by atoms with Crippen LogP contribution in [0.25, 0.3) is 0 Å². The molecule has 0 bridgehead atoms. The number of hydrogen-bond donors (Lipinski definition) is 2. The van der Waals surface area contributed by atoms with Crippen LogP contribution in [0.15, 0.2) is 12.4 Å². The molecule has 7 nitrogen and oxygen atoms in total. The lowest BCUT2D eigenvalue weighted by Gasteiger charge is -2.28. The van der Waals surface area contributed by atoms with Crippen LogP contribution >= 0.6 is 0 Å². The zero-order valence-corrected chi connectivity index (χ0v) is 11.6. The van der Waals surface area contributed by atoms with Gasteiger partial charge in [-0.05, 0) is 6.42 Å². The third-order valence-corrected chi connectivity index (χ3v) is 3.19. The van der Waals surface area contributed by atoms with Gasteiger partial charge in [-0.3, -0.25) is 0 Å². The number of nitrogens with one attached hydrogen (secondary N) is 1. The Morgan fingerprint density at radius 2 is 2.25 bits per heavy atom. The van der Waals surface area contributed by atoms with Gasteiger partial charge in [0.05, 0.1) is 13.2 Å². The molecule has 0 radical (unpaired) electrons. The van der Waals surface area contributed by atoms with Gasteiger partial charge in [0.15, 0.2) is 0 Å². The maximum atomic E-state index is 11.1. The number of anilines is 2. The second-order valence-corrected chi connectivity index (χ2v) is 4.68. The van der Waals surface area contributed by atoms with Crippen LogP contribution in [0.5, 0.6) is 0 Å². The van der Waals surface area contributed by atoms with E-state index in [1.165, 1.54) is 6.33 Å². The molecule has 1 aliphatic rings. The third kappa shape index (κ3) is 3.80. The lowest BCUT2D eigenvalue weighted by Crippen LogP contribution is -2.37. The largest absolute Gasteiger partial charge is 0.480 e. The van der Waals surface area contributed by atoms with Crippen LogP contribution in [0.3, 0.4) is 0 Å². The van der Waals surface area contributed by atoms with Gasteiger partial charge < -0.3 is 20.1 Å². The number of nitrogens with zero attached hydrogens (tertiary/aromatic N) is 3. The highest BCUT2D eigenvalue weighted by Crippen LogP contribution is 2.16. The predicted octanol–water partition coefficient (Wildman–Crippen LogP) is 0.978. The van der Waals surface area contributed by atoms with E-state index in [-0.39, 0.29) is 0 Å². The highest BCUT2D eigenvalue weighted by atomic mass is 16.5. The quantitative estimate of drug-likeness (QED) is 0.803. The Kier molecular flexibility index (Phi) is 5.11. The molecular weight excluding hydrogens is 260 g/mol. The number of carboxylic acid groups (broad SMARTS) is 1. The zero-order valence-electron chi connectivity index (χ0n) is 11.6. The molecule has 0 amide bonds. The molecule has 0 saturated carbocycles. The van der Waals surface area contributed by atoms with Crippen LogP contribution in [-0.4, -0.2) is 53.4 Å². The minimum Gasteiger partial charge on any atom is -0.480 e.